The first-order valence-corrected chi connectivity index (χ1v) is 6.99. The van der Waals surface area contributed by atoms with Crippen molar-refractivity contribution < 1.29 is 23.8 Å². The molecule has 0 aliphatic carbocycles. The van der Waals surface area contributed by atoms with Gasteiger partial charge >= 0.3 is 5.97 Å². The molecule has 8 heteroatoms. The Bertz CT molecular complexity index is 842. The second-order valence-electron chi connectivity index (χ2n) is 4.71. The van der Waals surface area contributed by atoms with Crippen LogP contribution in [0.1, 0.15) is 17.3 Å². The van der Waals surface area contributed by atoms with E-state index in [1.165, 1.54) is 16.9 Å². The number of hydrogen-bond acceptors (Lipinski definition) is 7. The molecule has 1 aromatic heterocycles. The Balaban J connectivity index is 2.24. The smallest absolute Gasteiger partial charge is 0.343 e. The molecule has 2 heterocycles. The molecule has 0 saturated heterocycles. The van der Waals surface area contributed by atoms with Crippen molar-refractivity contribution in [3.63, 3.8) is 0 Å². The molecule has 0 unspecified atom stereocenters. The highest BCUT2D eigenvalue weighted by Crippen LogP contribution is 2.35. The van der Waals surface area contributed by atoms with E-state index < -0.39 is 11.4 Å². The normalized spacial score (nSPS) is 12.2. The fourth-order valence-electron chi connectivity index (χ4n) is 2.34. The van der Waals surface area contributed by atoms with Crippen LogP contribution in [0.2, 0.25) is 0 Å². The summed E-state index contributed by atoms with van der Waals surface area (Å²) < 4.78 is 16.9. The van der Waals surface area contributed by atoms with Gasteiger partial charge in [0.1, 0.15) is 11.8 Å². The number of fused-ring (bicyclic) bond motifs is 2. The summed E-state index contributed by atoms with van der Waals surface area (Å²) in [6.07, 6.45) is 1.98. The van der Waals surface area contributed by atoms with Crippen molar-refractivity contribution >= 4 is 23.2 Å². The van der Waals surface area contributed by atoms with Crippen LogP contribution in [0.5, 0.6) is 11.5 Å². The summed E-state index contributed by atoms with van der Waals surface area (Å²) in [6, 6.07) is 3.13. The molecule has 1 aliphatic heterocycles. The zero-order valence-electron chi connectivity index (χ0n) is 12.3. The molecule has 3 rings (SSSR count). The van der Waals surface area contributed by atoms with E-state index in [0.717, 1.165) is 0 Å². The van der Waals surface area contributed by atoms with Crippen LogP contribution in [0.25, 0.3) is 10.9 Å². The first kappa shape index (κ1) is 14.9. The van der Waals surface area contributed by atoms with Gasteiger partial charge in [0.05, 0.1) is 24.1 Å². The number of esters is 1. The van der Waals surface area contributed by atoms with Crippen LogP contribution in [0.15, 0.2) is 23.1 Å². The molecule has 1 aliphatic rings. The molecular formula is C15H14N2O6. The summed E-state index contributed by atoms with van der Waals surface area (Å²) in [5.41, 5.74) is 2.67. The van der Waals surface area contributed by atoms with Gasteiger partial charge in [-0.2, -0.15) is 0 Å². The number of hydrogen-bond donors (Lipinski definition) is 1. The molecule has 1 aromatic carbocycles. The lowest BCUT2D eigenvalue weighted by Gasteiger charge is -2.14. The van der Waals surface area contributed by atoms with E-state index in [1.807, 2.05) is 0 Å². The lowest BCUT2D eigenvalue weighted by molar-refractivity contribution is -0.106. The van der Waals surface area contributed by atoms with Crippen molar-refractivity contribution in [2.24, 2.45) is 0 Å². The lowest BCUT2D eigenvalue weighted by Crippen LogP contribution is -2.25. The zero-order valence-corrected chi connectivity index (χ0v) is 12.3. The summed E-state index contributed by atoms with van der Waals surface area (Å²) in [7, 11) is 0. The quantitative estimate of drug-likeness (QED) is 0.638. The van der Waals surface area contributed by atoms with Gasteiger partial charge in [0, 0.05) is 12.3 Å². The van der Waals surface area contributed by atoms with Gasteiger partial charge in [-0.05, 0) is 13.0 Å². The Labute approximate surface area is 130 Å². The summed E-state index contributed by atoms with van der Waals surface area (Å²) in [5.74, 6) is 0.193. The fraction of sp³-hybridized carbons (Fsp3) is 0.267. The Morgan fingerprint density at radius 3 is 2.83 bits per heavy atom. The number of nitrogens with zero attached hydrogens (tertiary/aromatic N) is 1. The number of pyridine rings is 1. The maximum Gasteiger partial charge on any atom is 0.343 e. The predicted octanol–water partition coefficient (Wildman–Crippen LogP) is 0.649. The van der Waals surface area contributed by atoms with Gasteiger partial charge in [-0.1, -0.05) is 0 Å². The van der Waals surface area contributed by atoms with Crippen LogP contribution >= 0.6 is 0 Å². The van der Waals surface area contributed by atoms with Crippen molar-refractivity contribution in [3.05, 3.63) is 34.1 Å². The molecule has 2 aromatic rings. The molecule has 23 heavy (non-hydrogen) atoms. The maximum absolute atomic E-state index is 12.6. The van der Waals surface area contributed by atoms with Crippen LogP contribution in [0, 0.1) is 0 Å². The van der Waals surface area contributed by atoms with Gasteiger partial charge in [-0.25, -0.2) is 4.79 Å². The van der Waals surface area contributed by atoms with Crippen LogP contribution in [-0.2, 0) is 9.53 Å². The largest absolute Gasteiger partial charge is 0.462 e. The van der Waals surface area contributed by atoms with E-state index in [2.05, 4.69) is 5.43 Å². The second kappa shape index (κ2) is 5.99. The SMILES string of the molecule is CCOC(=O)c1cn(NCC=O)c2cc3c(cc2c1=O)OCO3. The average Bonchev–Trinajstić information content (AvgIpc) is 3.00. The molecule has 0 amide bonds. The minimum atomic E-state index is -0.723. The number of aromatic nitrogens is 1. The van der Waals surface area contributed by atoms with Crippen LogP contribution in [0.4, 0.5) is 0 Å². The summed E-state index contributed by atoms with van der Waals surface area (Å²) >= 11 is 0. The summed E-state index contributed by atoms with van der Waals surface area (Å²) in [6.45, 7) is 1.88. The van der Waals surface area contributed by atoms with Crippen LogP contribution < -0.4 is 20.3 Å². The number of nitrogens with one attached hydrogen (secondary N) is 1. The molecule has 1 N–H and O–H groups in total. The van der Waals surface area contributed by atoms with Crippen molar-refractivity contribution in [2.45, 2.75) is 6.92 Å². The zero-order chi connectivity index (χ0) is 16.4. The third-order valence-electron chi connectivity index (χ3n) is 3.34. The van der Waals surface area contributed by atoms with Crippen molar-refractivity contribution in [3.8, 4) is 11.5 Å². The van der Waals surface area contributed by atoms with Crippen LogP contribution in [0.3, 0.4) is 0 Å². The Morgan fingerprint density at radius 1 is 1.39 bits per heavy atom. The number of benzene rings is 1. The van der Waals surface area contributed by atoms with Gasteiger partial charge in [0.2, 0.25) is 12.2 Å². The van der Waals surface area contributed by atoms with E-state index in [4.69, 9.17) is 14.2 Å². The van der Waals surface area contributed by atoms with E-state index in [1.54, 1.807) is 13.0 Å². The Morgan fingerprint density at radius 2 is 2.13 bits per heavy atom. The first-order valence-electron chi connectivity index (χ1n) is 6.99. The number of carbonyl (C=O) groups is 2. The number of rotatable bonds is 5. The van der Waals surface area contributed by atoms with E-state index in [0.29, 0.717) is 23.3 Å². The molecule has 0 bridgehead atoms. The van der Waals surface area contributed by atoms with E-state index >= 15 is 0 Å². The first-order chi connectivity index (χ1) is 11.2. The van der Waals surface area contributed by atoms with Gasteiger partial charge in [0.15, 0.2) is 11.5 Å². The van der Waals surface area contributed by atoms with Gasteiger partial charge < -0.3 is 24.4 Å². The average molecular weight is 318 g/mol. The second-order valence-corrected chi connectivity index (χ2v) is 4.71. The molecule has 0 fully saturated rings. The number of ether oxygens (including phenoxy) is 3. The molecule has 0 atom stereocenters. The summed E-state index contributed by atoms with van der Waals surface area (Å²) in [5, 5.41) is 0.262. The molecule has 120 valence electrons. The highest BCUT2D eigenvalue weighted by Gasteiger charge is 2.21. The molecule has 0 spiro atoms. The minimum absolute atomic E-state index is 0.00861. The monoisotopic (exact) mass is 318 g/mol. The van der Waals surface area contributed by atoms with E-state index in [9.17, 15) is 14.4 Å². The topological polar surface area (TPSA) is 95.9 Å². The third kappa shape index (κ3) is 2.59. The van der Waals surface area contributed by atoms with Gasteiger partial charge in [-0.15, -0.1) is 0 Å². The van der Waals surface area contributed by atoms with Crippen molar-refractivity contribution in [1.29, 1.82) is 0 Å². The van der Waals surface area contributed by atoms with Gasteiger partial charge in [0.25, 0.3) is 0 Å². The highest BCUT2D eigenvalue weighted by atomic mass is 16.7. The summed E-state index contributed by atoms with van der Waals surface area (Å²) in [4.78, 5) is 35.2. The molecular weight excluding hydrogens is 304 g/mol. The number of carbonyl (C=O) groups excluding carboxylic acids is 2. The molecule has 0 radical (unpaired) electrons. The standard InChI is InChI=1S/C15H14N2O6/c1-2-21-15(20)10-7-17(16-3-4-18)11-6-13-12(22-8-23-13)5-9(11)14(10)19/h4-7,16H,2-3,8H2,1H3. The maximum atomic E-state index is 12.6. The van der Waals surface area contributed by atoms with Crippen molar-refractivity contribution in [1.82, 2.24) is 4.68 Å². The molecule has 8 nitrogen and oxygen atoms in total. The van der Waals surface area contributed by atoms with Gasteiger partial charge in [-0.3, -0.25) is 9.47 Å². The highest BCUT2D eigenvalue weighted by molar-refractivity contribution is 5.94. The Kier molecular flexibility index (Phi) is 3.88. The van der Waals surface area contributed by atoms with E-state index in [-0.39, 0.29) is 30.9 Å². The third-order valence-corrected chi connectivity index (χ3v) is 3.34. The lowest BCUT2D eigenvalue weighted by atomic mass is 10.1. The minimum Gasteiger partial charge on any atom is -0.462 e. The fourth-order valence-corrected chi connectivity index (χ4v) is 2.34. The predicted molar refractivity (Wildman–Crippen MR) is 80.6 cm³/mol. The number of aldehydes is 1. The van der Waals surface area contributed by atoms with Crippen LogP contribution in [-0.4, -0.2) is 36.9 Å². The van der Waals surface area contributed by atoms with Crippen molar-refractivity contribution in [2.75, 3.05) is 25.4 Å². The Hall–Kier alpha value is -3.03. The molecule has 0 saturated carbocycles.